The van der Waals surface area contributed by atoms with E-state index < -0.39 is 10.4 Å². The molecule has 72 valence electrons. The Morgan fingerprint density at radius 2 is 1.91 bits per heavy atom. The van der Waals surface area contributed by atoms with Crippen LogP contribution in [0.3, 0.4) is 0 Å². The Labute approximate surface area is 82.8 Å². The van der Waals surface area contributed by atoms with Crippen molar-refractivity contribution in [3.05, 3.63) is 0 Å². The fraction of sp³-hybridized carbons (Fsp3) is 1.00. The molecule has 0 aliphatic rings. The molecule has 0 radical (unpaired) electrons. The minimum atomic E-state index is -4.45. The fourth-order valence-corrected chi connectivity index (χ4v) is 0.835. The van der Waals surface area contributed by atoms with E-state index in [1.807, 2.05) is 6.92 Å². The summed E-state index contributed by atoms with van der Waals surface area (Å²) in [5.74, 6) is 0. The zero-order chi connectivity index (χ0) is 8.04. The van der Waals surface area contributed by atoms with Gasteiger partial charge in [-0.15, -0.1) is 0 Å². The van der Waals surface area contributed by atoms with Crippen LogP contribution in [0.1, 0.15) is 26.2 Å². The van der Waals surface area contributed by atoms with Crippen LogP contribution < -0.4 is 0 Å². The summed E-state index contributed by atoms with van der Waals surface area (Å²) in [5, 5.41) is 0. The van der Waals surface area contributed by atoms with Gasteiger partial charge < -0.3 is 4.55 Å². The molecule has 0 aliphatic carbocycles. The van der Waals surface area contributed by atoms with E-state index in [1.54, 1.807) is 0 Å². The summed E-state index contributed by atoms with van der Waals surface area (Å²) in [5.41, 5.74) is 0. The second kappa shape index (κ2) is 7.27. The van der Waals surface area contributed by atoms with Crippen LogP contribution in [0.25, 0.3) is 0 Å². The fourth-order valence-electron chi connectivity index (χ4n) is 0.513. The van der Waals surface area contributed by atoms with Crippen molar-refractivity contribution in [3.8, 4) is 0 Å². The van der Waals surface area contributed by atoms with Gasteiger partial charge in [0, 0.05) is 0 Å². The minimum Gasteiger partial charge on any atom is -0.726 e. The second-order valence-corrected chi connectivity index (χ2v) is 2.99. The van der Waals surface area contributed by atoms with Gasteiger partial charge in [0.2, 0.25) is 10.4 Å². The van der Waals surface area contributed by atoms with Crippen LogP contribution >= 0.6 is 0 Å². The topological polar surface area (TPSA) is 66.4 Å². The minimum absolute atomic E-state index is 0. The first-order chi connectivity index (χ1) is 4.56. The molecule has 4 nitrogen and oxygen atoms in total. The van der Waals surface area contributed by atoms with E-state index in [0.717, 1.165) is 12.8 Å². The van der Waals surface area contributed by atoms with Gasteiger partial charge in [0.25, 0.3) is 0 Å². The van der Waals surface area contributed by atoms with E-state index in [1.165, 1.54) is 0 Å². The standard InChI is InChI=1S/C5H12O4S.Ag/c1-2-3-4-5-9-10(6,7)8;/h2-5H2,1H3,(H,6,7,8);/q;+1/p-1. The van der Waals surface area contributed by atoms with Crippen molar-refractivity contribution in [2.24, 2.45) is 0 Å². The zero-order valence-electron chi connectivity index (χ0n) is 6.17. The predicted octanol–water partition coefficient (Wildman–Crippen LogP) is 0.651. The van der Waals surface area contributed by atoms with Crippen molar-refractivity contribution in [1.82, 2.24) is 0 Å². The maximum Gasteiger partial charge on any atom is 1.00 e. The molecule has 0 N–H and O–H groups in total. The van der Waals surface area contributed by atoms with Crippen LogP contribution in [-0.4, -0.2) is 19.6 Å². The monoisotopic (exact) mass is 274 g/mol. The molecule has 0 atom stereocenters. The molecule has 0 aromatic carbocycles. The Bertz CT molecular complexity index is 165. The average Bonchev–Trinajstić information content (AvgIpc) is 1.78. The van der Waals surface area contributed by atoms with Gasteiger partial charge in [-0.1, -0.05) is 19.8 Å². The molecule has 0 rings (SSSR count). The van der Waals surface area contributed by atoms with Crippen molar-refractivity contribution >= 4 is 10.4 Å². The van der Waals surface area contributed by atoms with Crippen molar-refractivity contribution in [2.45, 2.75) is 26.2 Å². The third-order valence-electron chi connectivity index (χ3n) is 0.976. The number of rotatable bonds is 5. The molecular formula is C5H11AgO4S. The number of hydrogen-bond acceptors (Lipinski definition) is 4. The normalized spacial score (nSPS) is 10.7. The quantitative estimate of drug-likeness (QED) is 0.320. The Morgan fingerprint density at radius 1 is 1.36 bits per heavy atom. The maximum atomic E-state index is 9.82. The molecule has 0 bridgehead atoms. The molecular weight excluding hydrogens is 264 g/mol. The van der Waals surface area contributed by atoms with Crippen LogP contribution in [0.4, 0.5) is 0 Å². The molecule has 0 aromatic heterocycles. The summed E-state index contributed by atoms with van der Waals surface area (Å²) in [6.07, 6.45) is 2.48. The second-order valence-electron chi connectivity index (χ2n) is 1.94. The third-order valence-corrected chi connectivity index (χ3v) is 1.43. The Morgan fingerprint density at radius 3 is 2.27 bits per heavy atom. The molecule has 0 saturated carbocycles. The van der Waals surface area contributed by atoms with Gasteiger partial charge in [0.15, 0.2) is 0 Å². The first kappa shape index (κ1) is 14.2. The molecule has 0 unspecified atom stereocenters. The number of hydrogen-bond donors (Lipinski definition) is 0. The number of unbranched alkanes of at least 4 members (excludes halogenated alkanes) is 2. The Balaban J connectivity index is 0. The summed E-state index contributed by atoms with van der Waals surface area (Å²) in [6.45, 7) is 1.99. The van der Waals surface area contributed by atoms with Gasteiger partial charge in [-0.25, -0.2) is 8.42 Å². The SMILES string of the molecule is CCCCCOS(=O)(=O)[O-].[Ag+]. The molecule has 0 aromatic rings. The summed E-state index contributed by atoms with van der Waals surface area (Å²) in [6, 6.07) is 0. The smallest absolute Gasteiger partial charge is 0.726 e. The van der Waals surface area contributed by atoms with E-state index in [0.29, 0.717) is 6.42 Å². The predicted molar refractivity (Wildman–Crippen MR) is 35.2 cm³/mol. The van der Waals surface area contributed by atoms with Crippen LogP contribution in [0.15, 0.2) is 0 Å². The first-order valence-electron chi connectivity index (χ1n) is 3.16. The molecule has 0 spiro atoms. The van der Waals surface area contributed by atoms with Crippen LogP contribution in [0, 0.1) is 0 Å². The van der Waals surface area contributed by atoms with Crippen LogP contribution in [0.2, 0.25) is 0 Å². The zero-order valence-corrected chi connectivity index (χ0v) is 8.47. The largest absolute Gasteiger partial charge is 1.00 e. The van der Waals surface area contributed by atoms with E-state index in [2.05, 4.69) is 4.18 Å². The van der Waals surface area contributed by atoms with Crippen molar-refractivity contribution < 1.29 is 39.5 Å². The average molecular weight is 275 g/mol. The van der Waals surface area contributed by atoms with Crippen LogP contribution in [-0.2, 0) is 37.0 Å². The van der Waals surface area contributed by atoms with Gasteiger partial charge >= 0.3 is 22.4 Å². The first-order valence-corrected chi connectivity index (χ1v) is 4.50. The van der Waals surface area contributed by atoms with E-state index >= 15 is 0 Å². The van der Waals surface area contributed by atoms with Crippen molar-refractivity contribution in [1.29, 1.82) is 0 Å². The van der Waals surface area contributed by atoms with Gasteiger partial charge in [0.05, 0.1) is 6.61 Å². The molecule has 0 aliphatic heterocycles. The van der Waals surface area contributed by atoms with Crippen LogP contribution in [0.5, 0.6) is 0 Å². The maximum absolute atomic E-state index is 9.82. The van der Waals surface area contributed by atoms with Gasteiger partial charge in [-0.05, 0) is 6.42 Å². The van der Waals surface area contributed by atoms with E-state index in [-0.39, 0.29) is 29.0 Å². The van der Waals surface area contributed by atoms with Gasteiger partial charge in [0.1, 0.15) is 0 Å². The van der Waals surface area contributed by atoms with E-state index in [9.17, 15) is 13.0 Å². The molecule has 0 heterocycles. The summed E-state index contributed by atoms with van der Waals surface area (Å²) >= 11 is 0. The Kier molecular flexibility index (Phi) is 9.35. The van der Waals surface area contributed by atoms with Crippen molar-refractivity contribution in [2.75, 3.05) is 6.61 Å². The molecule has 6 heteroatoms. The van der Waals surface area contributed by atoms with Gasteiger partial charge in [-0.3, -0.25) is 4.18 Å². The molecule has 0 saturated heterocycles. The summed E-state index contributed by atoms with van der Waals surface area (Å²) < 4.78 is 33.4. The third kappa shape index (κ3) is 13.6. The summed E-state index contributed by atoms with van der Waals surface area (Å²) in [4.78, 5) is 0. The molecule has 0 amide bonds. The van der Waals surface area contributed by atoms with Gasteiger partial charge in [-0.2, -0.15) is 0 Å². The molecule has 0 fully saturated rings. The van der Waals surface area contributed by atoms with Crippen molar-refractivity contribution in [3.63, 3.8) is 0 Å². The Hall–Kier alpha value is 0.610. The van der Waals surface area contributed by atoms with E-state index in [4.69, 9.17) is 0 Å². The summed E-state index contributed by atoms with van der Waals surface area (Å²) in [7, 11) is -4.45. The molecule has 11 heavy (non-hydrogen) atoms.